The smallest absolute Gasteiger partial charge is 0.261 e. The van der Waals surface area contributed by atoms with E-state index in [-0.39, 0.29) is 10.8 Å². The molecule has 1 aliphatic heterocycles. The van der Waals surface area contributed by atoms with Crippen molar-refractivity contribution in [2.75, 3.05) is 13.1 Å². The molecule has 1 fully saturated rings. The molecule has 1 aliphatic rings. The first-order valence-corrected chi connectivity index (χ1v) is 9.04. The van der Waals surface area contributed by atoms with Crippen LogP contribution in [-0.2, 0) is 9.05 Å². The van der Waals surface area contributed by atoms with Crippen LogP contribution in [-0.4, -0.2) is 32.3 Å². The van der Waals surface area contributed by atoms with Crippen molar-refractivity contribution in [3.05, 3.63) is 29.3 Å². The van der Waals surface area contributed by atoms with Crippen molar-refractivity contribution in [3.63, 3.8) is 0 Å². The van der Waals surface area contributed by atoms with Crippen molar-refractivity contribution in [3.8, 4) is 0 Å². The summed E-state index contributed by atoms with van der Waals surface area (Å²) in [5, 5.41) is 0. The molecule has 0 spiro atoms. The first-order valence-electron chi connectivity index (χ1n) is 6.73. The molecule has 0 radical (unpaired) electrons. The Labute approximate surface area is 124 Å². The number of halogens is 1. The van der Waals surface area contributed by atoms with Gasteiger partial charge in [-0.25, -0.2) is 8.42 Å². The summed E-state index contributed by atoms with van der Waals surface area (Å²) in [7, 11) is 1.55. The molecule has 0 bridgehead atoms. The Balaban J connectivity index is 2.32. The van der Waals surface area contributed by atoms with Gasteiger partial charge < -0.3 is 4.90 Å². The normalized spacial score (nSPS) is 16.8. The Hall–Kier alpha value is -1.07. The van der Waals surface area contributed by atoms with Gasteiger partial charge in [0.05, 0.1) is 4.90 Å². The van der Waals surface area contributed by atoms with E-state index >= 15 is 0 Å². The molecule has 1 amide bonds. The van der Waals surface area contributed by atoms with Crippen LogP contribution in [0.4, 0.5) is 0 Å². The molecule has 2 rings (SSSR count). The van der Waals surface area contributed by atoms with Crippen LogP contribution in [0.5, 0.6) is 0 Å². The van der Waals surface area contributed by atoms with Crippen LogP contribution in [0, 0.1) is 6.92 Å². The highest BCUT2D eigenvalue weighted by Gasteiger charge is 2.20. The SMILES string of the molecule is Cc1cc(C(=O)N2CCCCCC2)cc(S(=O)(=O)Cl)c1. The summed E-state index contributed by atoms with van der Waals surface area (Å²) in [4.78, 5) is 14.3. The van der Waals surface area contributed by atoms with Crippen LogP contribution >= 0.6 is 10.7 Å². The maximum Gasteiger partial charge on any atom is 0.261 e. The number of carbonyl (C=O) groups is 1. The fourth-order valence-electron chi connectivity index (χ4n) is 2.47. The summed E-state index contributed by atoms with van der Waals surface area (Å²) in [6.07, 6.45) is 4.27. The maximum atomic E-state index is 12.5. The molecule has 0 aliphatic carbocycles. The minimum absolute atomic E-state index is 0.0164. The maximum absolute atomic E-state index is 12.5. The van der Waals surface area contributed by atoms with Gasteiger partial charge in [0, 0.05) is 29.3 Å². The average molecular weight is 316 g/mol. The molecular formula is C14H18ClNO3S. The van der Waals surface area contributed by atoms with Crippen molar-refractivity contribution < 1.29 is 13.2 Å². The Kier molecular flexibility index (Phi) is 4.70. The molecule has 20 heavy (non-hydrogen) atoms. The second-order valence-electron chi connectivity index (χ2n) is 5.18. The predicted molar refractivity (Wildman–Crippen MR) is 78.6 cm³/mol. The monoisotopic (exact) mass is 315 g/mol. The van der Waals surface area contributed by atoms with Crippen molar-refractivity contribution in [2.45, 2.75) is 37.5 Å². The van der Waals surface area contributed by atoms with Gasteiger partial charge in [0.15, 0.2) is 0 Å². The Morgan fingerprint density at radius 1 is 1.10 bits per heavy atom. The third kappa shape index (κ3) is 3.73. The number of aryl methyl sites for hydroxylation is 1. The van der Waals surface area contributed by atoms with E-state index in [1.54, 1.807) is 17.9 Å². The second-order valence-corrected chi connectivity index (χ2v) is 7.74. The van der Waals surface area contributed by atoms with Crippen LogP contribution in [0.1, 0.15) is 41.6 Å². The molecule has 6 heteroatoms. The van der Waals surface area contributed by atoms with Crippen molar-refractivity contribution in [1.82, 2.24) is 4.90 Å². The number of hydrogen-bond acceptors (Lipinski definition) is 3. The molecule has 0 saturated carbocycles. The van der Waals surface area contributed by atoms with E-state index in [0.29, 0.717) is 11.1 Å². The number of hydrogen-bond donors (Lipinski definition) is 0. The van der Waals surface area contributed by atoms with Crippen LogP contribution in [0.15, 0.2) is 23.1 Å². The molecule has 0 N–H and O–H groups in total. The lowest BCUT2D eigenvalue weighted by Gasteiger charge is -2.20. The fraction of sp³-hybridized carbons (Fsp3) is 0.500. The highest BCUT2D eigenvalue weighted by Crippen LogP contribution is 2.21. The van der Waals surface area contributed by atoms with Gasteiger partial charge in [-0.2, -0.15) is 0 Å². The van der Waals surface area contributed by atoms with Crippen molar-refractivity contribution in [1.29, 1.82) is 0 Å². The molecule has 110 valence electrons. The van der Waals surface area contributed by atoms with E-state index in [0.717, 1.165) is 38.8 Å². The molecule has 1 heterocycles. The Morgan fingerprint density at radius 2 is 1.70 bits per heavy atom. The molecule has 1 aromatic rings. The molecule has 1 aromatic carbocycles. The lowest BCUT2D eigenvalue weighted by atomic mass is 10.1. The number of carbonyl (C=O) groups excluding carboxylic acids is 1. The minimum Gasteiger partial charge on any atom is -0.339 e. The van der Waals surface area contributed by atoms with Gasteiger partial charge in [0.2, 0.25) is 0 Å². The van der Waals surface area contributed by atoms with Gasteiger partial charge in [0.1, 0.15) is 0 Å². The van der Waals surface area contributed by atoms with Gasteiger partial charge in [-0.3, -0.25) is 4.79 Å². The highest BCUT2D eigenvalue weighted by atomic mass is 35.7. The zero-order chi connectivity index (χ0) is 14.8. The standard InChI is InChI=1S/C14H18ClNO3S/c1-11-8-12(10-13(9-11)20(15,18)19)14(17)16-6-4-2-3-5-7-16/h8-10H,2-7H2,1H3. The molecule has 4 nitrogen and oxygen atoms in total. The minimum atomic E-state index is -3.82. The summed E-state index contributed by atoms with van der Waals surface area (Å²) in [5.74, 6) is -0.114. The van der Waals surface area contributed by atoms with Crippen LogP contribution in [0.25, 0.3) is 0 Å². The number of benzene rings is 1. The first-order chi connectivity index (χ1) is 9.38. The second kappa shape index (κ2) is 6.14. The third-order valence-corrected chi connectivity index (χ3v) is 4.81. The molecule has 0 unspecified atom stereocenters. The topological polar surface area (TPSA) is 54.5 Å². The van der Waals surface area contributed by atoms with Gasteiger partial charge >= 0.3 is 0 Å². The van der Waals surface area contributed by atoms with Gasteiger partial charge in [-0.15, -0.1) is 0 Å². The average Bonchev–Trinajstić information content (AvgIpc) is 2.65. The summed E-state index contributed by atoms with van der Waals surface area (Å²) in [6.45, 7) is 3.22. The number of nitrogens with zero attached hydrogens (tertiary/aromatic N) is 1. The molecule has 0 atom stereocenters. The lowest BCUT2D eigenvalue weighted by molar-refractivity contribution is 0.0761. The largest absolute Gasteiger partial charge is 0.339 e. The Bertz CT molecular complexity index is 605. The van der Waals surface area contributed by atoms with E-state index in [1.165, 1.54) is 12.1 Å². The molecular weight excluding hydrogens is 298 g/mol. The number of rotatable bonds is 2. The number of likely N-dealkylation sites (tertiary alicyclic amines) is 1. The third-order valence-electron chi connectivity index (χ3n) is 3.47. The van der Waals surface area contributed by atoms with Crippen LogP contribution < -0.4 is 0 Å². The van der Waals surface area contributed by atoms with E-state index in [2.05, 4.69) is 0 Å². The van der Waals surface area contributed by atoms with E-state index in [1.807, 2.05) is 0 Å². The summed E-state index contributed by atoms with van der Waals surface area (Å²) in [5.41, 5.74) is 1.11. The van der Waals surface area contributed by atoms with Crippen LogP contribution in [0.3, 0.4) is 0 Å². The van der Waals surface area contributed by atoms with E-state index < -0.39 is 9.05 Å². The fourth-order valence-corrected chi connectivity index (χ4v) is 3.33. The highest BCUT2D eigenvalue weighted by molar-refractivity contribution is 8.13. The van der Waals surface area contributed by atoms with E-state index in [4.69, 9.17) is 10.7 Å². The van der Waals surface area contributed by atoms with Crippen molar-refractivity contribution >= 4 is 25.6 Å². The molecule has 0 aromatic heterocycles. The predicted octanol–water partition coefficient (Wildman–Crippen LogP) is 2.94. The zero-order valence-electron chi connectivity index (χ0n) is 11.4. The van der Waals surface area contributed by atoms with Gasteiger partial charge in [-0.1, -0.05) is 12.8 Å². The van der Waals surface area contributed by atoms with Gasteiger partial charge in [0.25, 0.3) is 15.0 Å². The summed E-state index contributed by atoms with van der Waals surface area (Å²) in [6, 6.07) is 4.54. The van der Waals surface area contributed by atoms with Crippen LogP contribution in [0.2, 0.25) is 0 Å². The molecule has 1 saturated heterocycles. The summed E-state index contributed by atoms with van der Waals surface area (Å²) < 4.78 is 22.9. The van der Waals surface area contributed by atoms with Gasteiger partial charge in [-0.05, 0) is 43.5 Å². The van der Waals surface area contributed by atoms with Crippen molar-refractivity contribution in [2.24, 2.45) is 0 Å². The lowest BCUT2D eigenvalue weighted by Crippen LogP contribution is -2.31. The number of amides is 1. The Morgan fingerprint density at radius 3 is 2.25 bits per heavy atom. The zero-order valence-corrected chi connectivity index (χ0v) is 13.0. The summed E-state index contributed by atoms with van der Waals surface area (Å²) >= 11 is 0. The first kappa shape index (κ1) is 15.3. The quantitative estimate of drug-likeness (QED) is 0.788. The van der Waals surface area contributed by atoms with E-state index in [9.17, 15) is 13.2 Å².